The number of aryl methyl sites for hydroxylation is 1. The number of hydrogen-bond donors (Lipinski definition) is 0. The monoisotopic (exact) mass is 189 g/mol. The van der Waals surface area contributed by atoms with E-state index in [0.29, 0.717) is 0 Å². The minimum Gasteiger partial charge on any atom is -0.294 e. The van der Waals surface area contributed by atoms with Gasteiger partial charge in [0, 0.05) is 23.9 Å². The van der Waals surface area contributed by atoms with Crippen LogP contribution < -0.4 is 0 Å². The van der Waals surface area contributed by atoms with Crippen LogP contribution in [0.4, 0.5) is 0 Å². The number of hydrogen-bond acceptors (Lipinski definition) is 2. The van der Waals surface area contributed by atoms with Gasteiger partial charge in [-0.2, -0.15) is 0 Å². The number of aromatic nitrogens is 1. The van der Waals surface area contributed by atoms with Gasteiger partial charge in [0.25, 0.3) is 0 Å². The number of ketones is 1. The molecule has 1 aromatic heterocycles. The molecule has 2 nitrogen and oxygen atoms in total. The zero-order valence-electron chi connectivity index (χ0n) is 8.87. The van der Waals surface area contributed by atoms with E-state index in [1.165, 1.54) is 0 Å². The Morgan fingerprint density at radius 1 is 1.50 bits per heavy atom. The molecule has 1 fully saturated rings. The Morgan fingerprint density at radius 2 is 2.14 bits per heavy atom. The third-order valence-electron chi connectivity index (χ3n) is 2.99. The molecule has 0 radical (unpaired) electrons. The first kappa shape index (κ1) is 9.38. The summed E-state index contributed by atoms with van der Waals surface area (Å²) in [5.74, 6) is 0.470. The van der Waals surface area contributed by atoms with Crippen LogP contribution >= 0.6 is 0 Å². The molecule has 0 saturated heterocycles. The summed E-state index contributed by atoms with van der Waals surface area (Å²) >= 11 is 0. The lowest BCUT2D eigenvalue weighted by Gasteiger charge is -2.03. The lowest BCUT2D eigenvalue weighted by Crippen LogP contribution is -2.07. The molecular weight excluding hydrogens is 174 g/mol. The van der Waals surface area contributed by atoms with E-state index < -0.39 is 0 Å². The van der Waals surface area contributed by atoms with Gasteiger partial charge in [-0.1, -0.05) is 13.8 Å². The lowest BCUT2D eigenvalue weighted by atomic mass is 10.0. The first-order valence-electron chi connectivity index (χ1n) is 4.96. The molecule has 0 N–H and O–H groups in total. The molecule has 0 amide bonds. The van der Waals surface area contributed by atoms with E-state index in [9.17, 15) is 4.79 Å². The molecule has 2 rings (SSSR count). The van der Waals surface area contributed by atoms with Crippen LogP contribution in [0, 0.1) is 18.3 Å². The van der Waals surface area contributed by atoms with Crippen LogP contribution in [0.25, 0.3) is 0 Å². The number of nitrogens with zero attached hydrogens (tertiary/aromatic N) is 1. The second kappa shape index (κ2) is 2.91. The molecule has 1 saturated carbocycles. The van der Waals surface area contributed by atoms with E-state index in [1.54, 1.807) is 12.4 Å². The summed E-state index contributed by atoms with van der Waals surface area (Å²) in [5.41, 5.74) is 2.02. The van der Waals surface area contributed by atoms with Crippen molar-refractivity contribution in [3.05, 3.63) is 29.6 Å². The molecule has 74 valence electrons. The predicted octanol–water partition coefficient (Wildman–Crippen LogP) is 2.62. The van der Waals surface area contributed by atoms with Gasteiger partial charge in [-0.25, -0.2) is 0 Å². The highest BCUT2D eigenvalue weighted by atomic mass is 16.1. The third kappa shape index (κ3) is 1.57. The summed E-state index contributed by atoms with van der Waals surface area (Å²) in [4.78, 5) is 16.0. The summed E-state index contributed by atoms with van der Waals surface area (Å²) in [6.45, 7) is 6.24. The van der Waals surface area contributed by atoms with Crippen LogP contribution in [-0.4, -0.2) is 10.8 Å². The standard InChI is InChI=1S/C12H15NO/c1-8-4-9(7-13-6-8)11(14)10-5-12(10,2)3/h4,6-7,10H,5H2,1-3H3. The summed E-state index contributed by atoms with van der Waals surface area (Å²) in [5, 5.41) is 0. The molecule has 2 heteroatoms. The Balaban J connectivity index is 2.21. The smallest absolute Gasteiger partial charge is 0.168 e. The van der Waals surface area contributed by atoms with Crippen LogP contribution in [0.5, 0.6) is 0 Å². The van der Waals surface area contributed by atoms with Gasteiger partial charge < -0.3 is 0 Å². The van der Waals surface area contributed by atoms with Crippen LogP contribution in [0.2, 0.25) is 0 Å². The SMILES string of the molecule is Cc1cncc(C(=O)C2CC2(C)C)c1. The minimum absolute atomic E-state index is 0.209. The van der Waals surface area contributed by atoms with Gasteiger partial charge in [0.05, 0.1) is 0 Å². The summed E-state index contributed by atoms with van der Waals surface area (Å²) < 4.78 is 0. The Labute approximate surface area is 84.4 Å². The van der Waals surface area contributed by atoms with Gasteiger partial charge >= 0.3 is 0 Å². The number of rotatable bonds is 2. The number of Topliss-reactive ketones (excluding diaryl/α,β-unsaturated/α-hetero) is 1. The molecule has 0 bridgehead atoms. The van der Waals surface area contributed by atoms with Gasteiger partial charge in [-0.05, 0) is 30.4 Å². The number of carbonyl (C=O) groups excluding carboxylic acids is 1. The van der Waals surface area contributed by atoms with E-state index in [4.69, 9.17) is 0 Å². The Kier molecular flexibility index (Phi) is 1.95. The van der Waals surface area contributed by atoms with Crippen molar-refractivity contribution < 1.29 is 4.79 Å². The molecule has 1 heterocycles. The number of pyridine rings is 1. The van der Waals surface area contributed by atoms with Crippen LogP contribution in [0.3, 0.4) is 0 Å². The summed E-state index contributed by atoms with van der Waals surface area (Å²) in [6, 6.07) is 1.92. The van der Waals surface area contributed by atoms with Crippen LogP contribution in [-0.2, 0) is 0 Å². The molecule has 0 spiro atoms. The van der Waals surface area contributed by atoms with E-state index in [2.05, 4.69) is 18.8 Å². The Hall–Kier alpha value is -1.18. The third-order valence-corrected chi connectivity index (χ3v) is 2.99. The van der Waals surface area contributed by atoms with E-state index >= 15 is 0 Å². The quantitative estimate of drug-likeness (QED) is 0.669. The molecule has 0 aliphatic heterocycles. The zero-order valence-corrected chi connectivity index (χ0v) is 8.87. The van der Waals surface area contributed by atoms with Gasteiger partial charge in [0.2, 0.25) is 0 Å². The molecule has 0 aromatic carbocycles. The van der Waals surface area contributed by atoms with Crippen molar-refractivity contribution in [3.63, 3.8) is 0 Å². The highest BCUT2D eigenvalue weighted by Gasteiger charge is 2.50. The highest BCUT2D eigenvalue weighted by molar-refractivity contribution is 5.99. The van der Waals surface area contributed by atoms with Gasteiger partial charge in [-0.15, -0.1) is 0 Å². The second-order valence-corrected chi connectivity index (χ2v) is 4.86. The Bertz CT molecular complexity index is 382. The van der Waals surface area contributed by atoms with Gasteiger partial charge in [0.15, 0.2) is 5.78 Å². The first-order valence-corrected chi connectivity index (χ1v) is 4.96. The molecule has 1 aromatic rings. The molecule has 14 heavy (non-hydrogen) atoms. The maximum absolute atomic E-state index is 11.9. The fraction of sp³-hybridized carbons (Fsp3) is 0.500. The van der Waals surface area contributed by atoms with Gasteiger partial charge in [-0.3, -0.25) is 9.78 Å². The predicted molar refractivity (Wildman–Crippen MR) is 55.2 cm³/mol. The zero-order chi connectivity index (χ0) is 10.3. The van der Waals surface area contributed by atoms with Crippen molar-refractivity contribution in [2.24, 2.45) is 11.3 Å². The second-order valence-electron chi connectivity index (χ2n) is 4.86. The molecular formula is C12H15NO. The topological polar surface area (TPSA) is 30.0 Å². The van der Waals surface area contributed by atoms with Crippen molar-refractivity contribution in [1.82, 2.24) is 4.98 Å². The number of carbonyl (C=O) groups is 1. The van der Waals surface area contributed by atoms with Crippen molar-refractivity contribution in [2.75, 3.05) is 0 Å². The average molecular weight is 189 g/mol. The average Bonchev–Trinajstić information content (AvgIpc) is 2.74. The lowest BCUT2D eigenvalue weighted by molar-refractivity contribution is 0.0953. The van der Waals surface area contributed by atoms with Crippen LogP contribution in [0.1, 0.15) is 36.2 Å². The molecule has 1 unspecified atom stereocenters. The van der Waals surface area contributed by atoms with Gasteiger partial charge in [0.1, 0.15) is 0 Å². The normalized spacial score (nSPS) is 23.2. The minimum atomic E-state index is 0.209. The van der Waals surface area contributed by atoms with Crippen molar-refractivity contribution >= 4 is 5.78 Å². The summed E-state index contributed by atoms with van der Waals surface area (Å²) in [6.07, 6.45) is 4.46. The Morgan fingerprint density at radius 3 is 2.64 bits per heavy atom. The summed E-state index contributed by atoms with van der Waals surface area (Å²) in [7, 11) is 0. The van der Waals surface area contributed by atoms with E-state index in [-0.39, 0.29) is 17.1 Å². The molecule has 1 atom stereocenters. The maximum atomic E-state index is 11.9. The fourth-order valence-corrected chi connectivity index (χ4v) is 1.81. The molecule has 1 aliphatic carbocycles. The fourth-order valence-electron chi connectivity index (χ4n) is 1.81. The van der Waals surface area contributed by atoms with E-state index in [0.717, 1.165) is 17.5 Å². The molecule has 1 aliphatic rings. The maximum Gasteiger partial charge on any atom is 0.168 e. The largest absolute Gasteiger partial charge is 0.294 e. The van der Waals surface area contributed by atoms with E-state index in [1.807, 2.05) is 13.0 Å². The highest BCUT2D eigenvalue weighted by Crippen LogP contribution is 2.53. The van der Waals surface area contributed by atoms with Crippen molar-refractivity contribution in [3.8, 4) is 0 Å². The first-order chi connectivity index (χ1) is 6.50. The van der Waals surface area contributed by atoms with Crippen molar-refractivity contribution in [2.45, 2.75) is 27.2 Å². The van der Waals surface area contributed by atoms with Crippen LogP contribution in [0.15, 0.2) is 18.5 Å². The van der Waals surface area contributed by atoms with Crippen molar-refractivity contribution in [1.29, 1.82) is 0 Å².